The van der Waals surface area contributed by atoms with Crippen LogP contribution in [0.15, 0.2) is 51.7 Å². The Morgan fingerprint density at radius 3 is 2.66 bits per heavy atom. The fourth-order valence-electron chi connectivity index (χ4n) is 3.36. The molecular weight excluding hydrogens is 388 g/mol. The van der Waals surface area contributed by atoms with Crippen molar-refractivity contribution in [2.24, 2.45) is 0 Å². The van der Waals surface area contributed by atoms with Gasteiger partial charge in [-0.2, -0.15) is 11.3 Å². The van der Waals surface area contributed by atoms with E-state index in [0.717, 1.165) is 24.5 Å². The maximum absolute atomic E-state index is 13.1. The molecule has 1 aliphatic rings. The zero-order chi connectivity index (χ0) is 20.2. The lowest BCUT2D eigenvalue weighted by Crippen LogP contribution is -2.48. The molecule has 3 heterocycles. The van der Waals surface area contributed by atoms with Crippen molar-refractivity contribution in [2.75, 3.05) is 31.5 Å². The minimum absolute atomic E-state index is 0.0682. The standard InChI is InChI=1S/C21H22N4O3S/c1-15-12-17(28-23-15)13-24-7-9-25(10-8-24)21(27)18-4-2-3-5-19(18)22-20(26)16-6-11-29-14-16/h2-6,11-12,14H,7-10,13H2,1H3,(H,22,26). The predicted octanol–water partition coefficient (Wildman–Crippen LogP) is 3.25. The molecule has 0 atom stereocenters. The first kappa shape index (κ1) is 19.4. The van der Waals surface area contributed by atoms with Gasteiger partial charge in [0.05, 0.1) is 29.1 Å². The number of thiophene rings is 1. The Labute approximate surface area is 172 Å². The minimum Gasteiger partial charge on any atom is -0.360 e. The van der Waals surface area contributed by atoms with Gasteiger partial charge in [-0.15, -0.1) is 0 Å². The number of aromatic nitrogens is 1. The van der Waals surface area contributed by atoms with Gasteiger partial charge in [-0.3, -0.25) is 14.5 Å². The van der Waals surface area contributed by atoms with Crippen LogP contribution in [0.1, 0.15) is 32.2 Å². The predicted molar refractivity (Wildman–Crippen MR) is 111 cm³/mol. The molecule has 3 aromatic rings. The Bertz CT molecular complexity index is 991. The lowest BCUT2D eigenvalue weighted by molar-refractivity contribution is 0.0618. The molecule has 4 rings (SSSR count). The number of nitrogens with zero attached hydrogens (tertiary/aromatic N) is 3. The quantitative estimate of drug-likeness (QED) is 0.699. The van der Waals surface area contributed by atoms with Gasteiger partial charge in [-0.1, -0.05) is 17.3 Å². The third-order valence-corrected chi connectivity index (χ3v) is 5.59. The summed E-state index contributed by atoms with van der Waals surface area (Å²) in [6.07, 6.45) is 0. The van der Waals surface area contributed by atoms with Crippen molar-refractivity contribution in [1.29, 1.82) is 0 Å². The van der Waals surface area contributed by atoms with Gasteiger partial charge in [0.15, 0.2) is 5.76 Å². The first-order valence-electron chi connectivity index (χ1n) is 9.46. The zero-order valence-electron chi connectivity index (χ0n) is 16.1. The monoisotopic (exact) mass is 410 g/mol. The van der Waals surface area contributed by atoms with Gasteiger partial charge in [0.25, 0.3) is 11.8 Å². The molecule has 1 saturated heterocycles. The van der Waals surface area contributed by atoms with Crippen LogP contribution in [0.3, 0.4) is 0 Å². The third-order valence-electron chi connectivity index (χ3n) is 4.90. The summed E-state index contributed by atoms with van der Waals surface area (Å²) < 4.78 is 5.28. The number of benzene rings is 1. The van der Waals surface area contributed by atoms with Gasteiger partial charge in [0.2, 0.25) is 0 Å². The zero-order valence-corrected chi connectivity index (χ0v) is 16.9. The molecule has 8 heteroatoms. The maximum Gasteiger partial charge on any atom is 0.256 e. The second-order valence-electron chi connectivity index (χ2n) is 7.01. The van der Waals surface area contributed by atoms with Crippen molar-refractivity contribution in [3.05, 3.63) is 69.7 Å². The van der Waals surface area contributed by atoms with E-state index < -0.39 is 0 Å². The highest BCUT2D eigenvalue weighted by molar-refractivity contribution is 7.08. The molecule has 7 nitrogen and oxygen atoms in total. The molecule has 0 saturated carbocycles. The number of aryl methyl sites for hydroxylation is 1. The number of anilines is 1. The van der Waals surface area contributed by atoms with Crippen LogP contribution < -0.4 is 5.32 Å². The molecule has 2 aromatic heterocycles. The van der Waals surface area contributed by atoms with E-state index in [-0.39, 0.29) is 11.8 Å². The number of carbonyl (C=O) groups excluding carboxylic acids is 2. The molecule has 1 aliphatic heterocycles. The van der Waals surface area contributed by atoms with Crippen LogP contribution in [0, 0.1) is 6.92 Å². The van der Waals surface area contributed by atoms with Crippen molar-refractivity contribution in [1.82, 2.24) is 15.0 Å². The van der Waals surface area contributed by atoms with Gasteiger partial charge >= 0.3 is 0 Å². The van der Waals surface area contributed by atoms with Gasteiger partial charge in [-0.05, 0) is 30.5 Å². The van der Waals surface area contributed by atoms with E-state index in [1.807, 2.05) is 35.4 Å². The average molecular weight is 410 g/mol. The van der Waals surface area contributed by atoms with Crippen molar-refractivity contribution in [3.63, 3.8) is 0 Å². The van der Waals surface area contributed by atoms with Crippen molar-refractivity contribution in [3.8, 4) is 0 Å². The molecule has 29 heavy (non-hydrogen) atoms. The molecule has 0 bridgehead atoms. The van der Waals surface area contributed by atoms with Crippen LogP contribution in [0.4, 0.5) is 5.69 Å². The fraction of sp³-hybridized carbons (Fsp3) is 0.286. The van der Waals surface area contributed by atoms with Crippen LogP contribution in [-0.4, -0.2) is 52.9 Å². The highest BCUT2D eigenvalue weighted by Crippen LogP contribution is 2.20. The molecule has 150 valence electrons. The van der Waals surface area contributed by atoms with E-state index in [2.05, 4.69) is 15.4 Å². The highest BCUT2D eigenvalue weighted by atomic mass is 32.1. The van der Waals surface area contributed by atoms with Crippen molar-refractivity contribution in [2.45, 2.75) is 13.5 Å². The van der Waals surface area contributed by atoms with Gasteiger partial charge in [0, 0.05) is 37.6 Å². The lowest BCUT2D eigenvalue weighted by Gasteiger charge is -2.34. The lowest BCUT2D eigenvalue weighted by atomic mass is 10.1. The number of piperazine rings is 1. The van der Waals surface area contributed by atoms with Gasteiger partial charge in [-0.25, -0.2) is 0 Å². The summed E-state index contributed by atoms with van der Waals surface area (Å²) >= 11 is 1.46. The van der Waals surface area contributed by atoms with Crippen LogP contribution in [0.5, 0.6) is 0 Å². The maximum atomic E-state index is 13.1. The summed E-state index contributed by atoms with van der Waals surface area (Å²) in [6, 6.07) is 10.9. The van der Waals surface area contributed by atoms with Crippen molar-refractivity contribution < 1.29 is 14.1 Å². The number of hydrogen-bond acceptors (Lipinski definition) is 6. The van der Waals surface area contributed by atoms with Gasteiger partial charge in [0.1, 0.15) is 0 Å². The third kappa shape index (κ3) is 4.55. The minimum atomic E-state index is -0.210. The van der Waals surface area contributed by atoms with E-state index in [1.165, 1.54) is 11.3 Å². The van der Waals surface area contributed by atoms with E-state index in [1.54, 1.807) is 23.6 Å². The summed E-state index contributed by atoms with van der Waals surface area (Å²) in [5.41, 5.74) is 2.51. The molecular formula is C21H22N4O3S. The van der Waals surface area contributed by atoms with Crippen LogP contribution in [0.2, 0.25) is 0 Å². The largest absolute Gasteiger partial charge is 0.360 e. The van der Waals surface area contributed by atoms with Gasteiger partial charge < -0.3 is 14.7 Å². The summed E-state index contributed by atoms with van der Waals surface area (Å²) in [4.78, 5) is 29.6. The molecule has 1 fully saturated rings. The molecule has 1 aromatic carbocycles. The summed E-state index contributed by atoms with van der Waals surface area (Å²) in [7, 11) is 0. The van der Waals surface area contributed by atoms with Crippen LogP contribution in [0.25, 0.3) is 0 Å². The highest BCUT2D eigenvalue weighted by Gasteiger charge is 2.25. The Morgan fingerprint density at radius 1 is 1.17 bits per heavy atom. The molecule has 2 amide bonds. The van der Waals surface area contributed by atoms with E-state index >= 15 is 0 Å². The first-order valence-corrected chi connectivity index (χ1v) is 10.4. The second-order valence-corrected chi connectivity index (χ2v) is 7.79. The Kier molecular flexibility index (Phi) is 5.73. The normalized spacial score (nSPS) is 14.7. The molecule has 0 radical (unpaired) electrons. The summed E-state index contributed by atoms with van der Waals surface area (Å²) in [5, 5.41) is 10.4. The number of para-hydroxylation sites is 1. The van der Waals surface area contributed by atoms with E-state index in [9.17, 15) is 9.59 Å². The number of rotatable bonds is 5. The molecule has 0 aliphatic carbocycles. The smallest absolute Gasteiger partial charge is 0.256 e. The second kappa shape index (κ2) is 8.59. The fourth-order valence-corrected chi connectivity index (χ4v) is 3.99. The first-order chi connectivity index (χ1) is 14.1. The van der Waals surface area contributed by atoms with E-state index in [0.29, 0.717) is 36.4 Å². The molecule has 0 unspecified atom stereocenters. The molecule has 1 N–H and O–H groups in total. The van der Waals surface area contributed by atoms with Crippen LogP contribution >= 0.6 is 11.3 Å². The number of hydrogen-bond donors (Lipinski definition) is 1. The number of nitrogens with one attached hydrogen (secondary N) is 1. The summed E-state index contributed by atoms with van der Waals surface area (Å²) in [5.74, 6) is 0.559. The number of amides is 2. The topological polar surface area (TPSA) is 78.7 Å². The van der Waals surface area contributed by atoms with Crippen LogP contribution in [-0.2, 0) is 6.54 Å². The molecule has 0 spiro atoms. The number of carbonyl (C=O) groups is 2. The average Bonchev–Trinajstić information content (AvgIpc) is 3.41. The van der Waals surface area contributed by atoms with Crippen molar-refractivity contribution >= 4 is 28.8 Å². The Morgan fingerprint density at radius 2 is 1.97 bits per heavy atom. The Hall–Kier alpha value is -2.97. The summed E-state index contributed by atoms with van der Waals surface area (Å²) in [6.45, 7) is 5.36. The van der Waals surface area contributed by atoms with E-state index in [4.69, 9.17) is 4.52 Å². The SMILES string of the molecule is Cc1cc(CN2CCN(C(=O)c3ccccc3NC(=O)c3ccsc3)CC2)on1. The Balaban J connectivity index is 1.39.